The summed E-state index contributed by atoms with van der Waals surface area (Å²) >= 11 is 0. The summed E-state index contributed by atoms with van der Waals surface area (Å²) in [5.74, 6) is -0.941. The van der Waals surface area contributed by atoms with Gasteiger partial charge in [0.1, 0.15) is 0 Å². The lowest BCUT2D eigenvalue weighted by Crippen LogP contribution is -2.36. The Morgan fingerprint density at radius 2 is 1.50 bits per heavy atom. The minimum absolute atomic E-state index is 0.104. The quantitative estimate of drug-likeness (QED) is 0.879. The van der Waals surface area contributed by atoms with E-state index in [4.69, 9.17) is 0 Å². The van der Waals surface area contributed by atoms with Crippen molar-refractivity contribution in [2.75, 3.05) is 26.0 Å². The van der Waals surface area contributed by atoms with Gasteiger partial charge in [0, 0.05) is 19.7 Å². The third-order valence-electron chi connectivity index (χ3n) is 3.35. The van der Waals surface area contributed by atoms with Gasteiger partial charge in [0.15, 0.2) is 0 Å². The number of likely N-dealkylation sites (N-methyl/N-ethyl adjacent to an activating group) is 1. The van der Waals surface area contributed by atoms with E-state index >= 15 is 0 Å². The van der Waals surface area contributed by atoms with Crippen molar-refractivity contribution in [3.05, 3.63) is 65.7 Å². The summed E-state index contributed by atoms with van der Waals surface area (Å²) < 4.78 is 0. The van der Waals surface area contributed by atoms with Crippen LogP contribution in [0.1, 0.15) is 20.7 Å². The molecule has 2 aromatic rings. The van der Waals surface area contributed by atoms with E-state index in [1.807, 2.05) is 6.07 Å². The van der Waals surface area contributed by atoms with Crippen LogP contribution in [-0.2, 0) is 4.79 Å². The van der Waals surface area contributed by atoms with E-state index in [2.05, 4.69) is 10.6 Å². The van der Waals surface area contributed by atoms with Crippen molar-refractivity contribution in [1.82, 2.24) is 10.2 Å². The molecule has 0 spiro atoms. The molecule has 3 amide bonds. The molecule has 24 heavy (non-hydrogen) atoms. The van der Waals surface area contributed by atoms with Crippen LogP contribution in [0.4, 0.5) is 5.69 Å². The molecule has 0 aliphatic carbocycles. The number of carbonyl (C=O) groups is 3. The average molecular weight is 325 g/mol. The Balaban J connectivity index is 2.11. The van der Waals surface area contributed by atoms with Crippen molar-refractivity contribution >= 4 is 23.4 Å². The van der Waals surface area contributed by atoms with Crippen molar-refractivity contribution in [2.24, 2.45) is 0 Å². The molecule has 6 nitrogen and oxygen atoms in total. The van der Waals surface area contributed by atoms with Gasteiger partial charge < -0.3 is 15.5 Å². The van der Waals surface area contributed by atoms with Crippen LogP contribution in [0.5, 0.6) is 0 Å². The fourth-order valence-electron chi connectivity index (χ4n) is 1.98. The molecule has 0 saturated carbocycles. The highest BCUT2D eigenvalue weighted by molar-refractivity contribution is 6.09. The van der Waals surface area contributed by atoms with E-state index < -0.39 is 5.91 Å². The van der Waals surface area contributed by atoms with Crippen LogP contribution in [0, 0.1) is 0 Å². The second kappa shape index (κ2) is 7.92. The number of anilines is 1. The molecule has 0 fully saturated rings. The zero-order valence-electron chi connectivity index (χ0n) is 13.6. The predicted octanol–water partition coefficient (Wildman–Crippen LogP) is 1.76. The van der Waals surface area contributed by atoms with Gasteiger partial charge in [-0.15, -0.1) is 0 Å². The van der Waals surface area contributed by atoms with Gasteiger partial charge in [0.2, 0.25) is 5.91 Å². The highest BCUT2D eigenvalue weighted by atomic mass is 16.2. The third-order valence-corrected chi connectivity index (χ3v) is 3.35. The maximum atomic E-state index is 12.3. The van der Waals surface area contributed by atoms with E-state index in [-0.39, 0.29) is 18.4 Å². The number of rotatable bonds is 5. The molecule has 0 aromatic heterocycles. The van der Waals surface area contributed by atoms with Gasteiger partial charge in [-0.3, -0.25) is 14.4 Å². The Bertz CT molecular complexity index is 742. The van der Waals surface area contributed by atoms with E-state index in [1.165, 1.54) is 4.90 Å². The van der Waals surface area contributed by atoms with E-state index in [1.54, 1.807) is 62.6 Å². The average Bonchev–Trinajstić information content (AvgIpc) is 2.60. The van der Waals surface area contributed by atoms with Gasteiger partial charge in [-0.25, -0.2) is 0 Å². The lowest BCUT2D eigenvalue weighted by Gasteiger charge is -2.13. The Morgan fingerprint density at radius 1 is 0.875 bits per heavy atom. The Kier molecular flexibility index (Phi) is 5.68. The molecule has 6 heteroatoms. The Hall–Kier alpha value is -3.15. The largest absolute Gasteiger partial charge is 0.347 e. The van der Waals surface area contributed by atoms with Gasteiger partial charge >= 0.3 is 0 Å². The number of amides is 3. The van der Waals surface area contributed by atoms with E-state index in [0.717, 1.165) is 0 Å². The van der Waals surface area contributed by atoms with Gasteiger partial charge in [0.05, 0.1) is 17.8 Å². The molecule has 0 bridgehead atoms. The lowest BCUT2D eigenvalue weighted by molar-refractivity contribution is -0.127. The first-order valence-corrected chi connectivity index (χ1v) is 7.43. The molecule has 2 aromatic carbocycles. The molecule has 2 rings (SSSR count). The minimum Gasteiger partial charge on any atom is -0.347 e. The third kappa shape index (κ3) is 4.42. The van der Waals surface area contributed by atoms with Crippen LogP contribution >= 0.6 is 0 Å². The summed E-state index contributed by atoms with van der Waals surface area (Å²) in [6, 6.07) is 15.4. The van der Waals surface area contributed by atoms with Crippen LogP contribution in [0.15, 0.2) is 54.6 Å². The normalized spacial score (nSPS) is 9.92. The van der Waals surface area contributed by atoms with Crippen LogP contribution in [0.3, 0.4) is 0 Å². The summed E-state index contributed by atoms with van der Waals surface area (Å²) in [5, 5.41) is 5.28. The highest BCUT2D eigenvalue weighted by Gasteiger charge is 2.15. The number of hydrogen-bond donors (Lipinski definition) is 2. The Morgan fingerprint density at radius 3 is 2.17 bits per heavy atom. The summed E-state index contributed by atoms with van der Waals surface area (Å²) in [4.78, 5) is 37.5. The molecule has 124 valence electrons. The summed E-state index contributed by atoms with van der Waals surface area (Å²) in [6.07, 6.45) is 0. The molecular formula is C18H19N3O3. The second-order valence-corrected chi connectivity index (χ2v) is 5.34. The first kappa shape index (κ1) is 17.2. The van der Waals surface area contributed by atoms with Crippen molar-refractivity contribution in [3.8, 4) is 0 Å². The van der Waals surface area contributed by atoms with E-state index in [9.17, 15) is 14.4 Å². The predicted molar refractivity (Wildman–Crippen MR) is 91.9 cm³/mol. The topological polar surface area (TPSA) is 78.5 Å². The zero-order valence-corrected chi connectivity index (χ0v) is 13.6. The van der Waals surface area contributed by atoms with Crippen LogP contribution in [0.25, 0.3) is 0 Å². The monoisotopic (exact) mass is 325 g/mol. The fourth-order valence-corrected chi connectivity index (χ4v) is 1.98. The number of benzene rings is 2. The summed E-state index contributed by atoms with van der Waals surface area (Å²) in [6.45, 7) is -0.104. The number of nitrogens with zero attached hydrogens (tertiary/aromatic N) is 1. The highest BCUT2D eigenvalue weighted by Crippen LogP contribution is 2.16. The molecule has 0 heterocycles. The van der Waals surface area contributed by atoms with Crippen LogP contribution < -0.4 is 10.6 Å². The van der Waals surface area contributed by atoms with E-state index in [0.29, 0.717) is 16.8 Å². The molecule has 0 aliphatic rings. The number of carbonyl (C=O) groups excluding carboxylic acids is 3. The standard InChI is InChI=1S/C18H19N3O3/c1-21(2)16(22)12-19-18(24)14-10-6-7-11-15(14)20-17(23)13-8-4-3-5-9-13/h3-11H,12H2,1-2H3,(H,19,24)(H,20,23). The Labute approximate surface area is 140 Å². The molecule has 0 saturated heterocycles. The number of hydrogen-bond acceptors (Lipinski definition) is 3. The molecular weight excluding hydrogens is 306 g/mol. The molecule has 2 N–H and O–H groups in total. The first-order valence-electron chi connectivity index (χ1n) is 7.43. The molecule has 0 radical (unpaired) electrons. The molecule has 0 unspecified atom stereocenters. The summed E-state index contributed by atoms with van der Waals surface area (Å²) in [5.41, 5.74) is 1.19. The van der Waals surface area contributed by atoms with Crippen LogP contribution in [-0.4, -0.2) is 43.3 Å². The van der Waals surface area contributed by atoms with Gasteiger partial charge in [-0.1, -0.05) is 30.3 Å². The van der Waals surface area contributed by atoms with Gasteiger partial charge in [-0.05, 0) is 24.3 Å². The van der Waals surface area contributed by atoms with Crippen molar-refractivity contribution in [1.29, 1.82) is 0 Å². The van der Waals surface area contributed by atoms with Crippen molar-refractivity contribution < 1.29 is 14.4 Å². The smallest absolute Gasteiger partial charge is 0.255 e. The number of para-hydroxylation sites is 1. The van der Waals surface area contributed by atoms with Crippen molar-refractivity contribution in [3.63, 3.8) is 0 Å². The molecule has 0 aliphatic heterocycles. The van der Waals surface area contributed by atoms with Crippen molar-refractivity contribution in [2.45, 2.75) is 0 Å². The molecule has 0 atom stereocenters. The van der Waals surface area contributed by atoms with Gasteiger partial charge in [0.25, 0.3) is 11.8 Å². The maximum absolute atomic E-state index is 12.3. The minimum atomic E-state index is -0.422. The second-order valence-electron chi connectivity index (χ2n) is 5.34. The SMILES string of the molecule is CN(C)C(=O)CNC(=O)c1ccccc1NC(=O)c1ccccc1. The van der Waals surface area contributed by atoms with Crippen LogP contribution in [0.2, 0.25) is 0 Å². The fraction of sp³-hybridized carbons (Fsp3) is 0.167. The lowest BCUT2D eigenvalue weighted by atomic mass is 10.1. The maximum Gasteiger partial charge on any atom is 0.255 e. The first-order chi connectivity index (χ1) is 11.5. The zero-order chi connectivity index (χ0) is 17.5. The summed E-state index contributed by atoms with van der Waals surface area (Å²) in [7, 11) is 3.23. The number of nitrogens with one attached hydrogen (secondary N) is 2. The van der Waals surface area contributed by atoms with Gasteiger partial charge in [-0.2, -0.15) is 0 Å².